The second-order valence-electron chi connectivity index (χ2n) is 10.1. The van der Waals surface area contributed by atoms with Crippen molar-refractivity contribution < 1.29 is 23.9 Å². The van der Waals surface area contributed by atoms with Crippen LogP contribution in [0.3, 0.4) is 0 Å². The van der Waals surface area contributed by atoms with Crippen LogP contribution in [0.4, 0.5) is 5.69 Å². The van der Waals surface area contributed by atoms with Crippen LogP contribution in [0, 0.1) is 0 Å². The van der Waals surface area contributed by atoms with Gasteiger partial charge in [-0.3, -0.25) is 24.5 Å². The fraction of sp³-hybridized carbons (Fsp3) is 0.379. The highest BCUT2D eigenvalue weighted by Gasteiger charge is 2.39. The number of fused-ring (bicyclic) bond motifs is 1. The lowest BCUT2D eigenvalue weighted by Gasteiger charge is -2.29. The van der Waals surface area contributed by atoms with Crippen LogP contribution in [-0.4, -0.2) is 59.2 Å². The van der Waals surface area contributed by atoms with Gasteiger partial charge in [-0.2, -0.15) is 0 Å². The third-order valence-corrected chi connectivity index (χ3v) is 7.60. The predicted molar refractivity (Wildman–Crippen MR) is 146 cm³/mol. The van der Waals surface area contributed by atoms with Crippen molar-refractivity contribution in [3.8, 4) is 5.75 Å². The van der Waals surface area contributed by atoms with Gasteiger partial charge < -0.3 is 19.9 Å². The Morgan fingerprint density at radius 2 is 1.90 bits per heavy atom. The molecule has 4 amide bonds. The highest BCUT2D eigenvalue weighted by atomic mass is 35.5. The molecule has 2 aromatic carbocycles. The zero-order chi connectivity index (χ0) is 27.5. The number of rotatable bonds is 8. The molecule has 39 heavy (non-hydrogen) atoms. The van der Waals surface area contributed by atoms with Crippen molar-refractivity contribution >= 4 is 40.9 Å². The van der Waals surface area contributed by atoms with Crippen molar-refractivity contribution in [3.63, 3.8) is 0 Å². The zero-order valence-electron chi connectivity index (χ0n) is 21.6. The SMILES string of the molecule is C=C(COc1ccc(Cl)cc1NCc1ccc2c(c1)CN(C1CCC(=O)NC1=O)C2=O)C(=O)N1CCCCC1. The second-order valence-corrected chi connectivity index (χ2v) is 10.6. The van der Waals surface area contributed by atoms with E-state index in [-0.39, 0.29) is 30.7 Å². The molecule has 0 bridgehead atoms. The van der Waals surface area contributed by atoms with Gasteiger partial charge in [0.05, 0.1) is 5.69 Å². The number of hydrogen-bond acceptors (Lipinski definition) is 6. The van der Waals surface area contributed by atoms with Crippen LogP contribution in [0.2, 0.25) is 5.02 Å². The van der Waals surface area contributed by atoms with Crippen molar-refractivity contribution in [2.45, 2.75) is 51.2 Å². The molecule has 3 aliphatic rings. The Hall–Kier alpha value is -3.85. The molecule has 10 heteroatoms. The molecule has 204 valence electrons. The number of imide groups is 1. The van der Waals surface area contributed by atoms with Gasteiger partial charge in [0.2, 0.25) is 11.8 Å². The van der Waals surface area contributed by atoms with Crippen molar-refractivity contribution in [3.05, 3.63) is 70.3 Å². The number of nitrogens with zero attached hydrogens (tertiary/aromatic N) is 2. The molecule has 0 spiro atoms. The Bertz CT molecular complexity index is 1340. The third-order valence-electron chi connectivity index (χ3n) is 7.36. The number of piperidine rings is 2. The monoisotopic (exact) mass is 550 g/mol. The molecule has 1 unspecified atom stereocenters. The van der Waals surface area contributed by atoms with Crippen LogP contribution in [0.25, 0.3) is 0 Å². The molecule has 2 fully saturated rings. The summed E-state index contributed by atoms with van der Waals surface area (Å²) in [6, 6.07) is 10.2. The number of carbonyl (C=O) groups excluding carboxylic acids is 4. The quantitative estimate of drug-likeness (QED) is 0.384. The van der Waals surface area contributed by atoms with E-state index in [1.807, 2.05) is 17.0 Å². The lowest BCUT2D eigenvalue weighted by Crippen LogP contribution is -2.52. The minimum absolute atomic E-state index is 0.0720. The first-order chi connectivity index (χ1) is 18.8. The number of hydrogen-bond donors (Lipinski definition) is 2. The van der Waals surface area contributed by atoms with Gasteiger partial charge in [-0.25, -0.2) is 0 Å². The van der Waals surface area contributed by atoms with E-state index in [9.17, 15) is 19.2 Å². The second kappa shape index (κ2) is 11.5. The van der Waals surface area contributed by atoms with Gasteiger partial charge >= 0.3 is 0 Å². The number of likely N-dealkylation sites (tertiary alicyclic amines) is 1. The molecule has 2 saturated heterocycles. The molecule has 3 aliphatic heterocycles. The standard InChI is InChI=1S/C29H31ClN4O5/c1-18(28(37)33-11-3-2-4-12-33)17-39-25-9-6-21(30)14-23(25)31-15-19-5-7-22-20(13-19)16-34(29(22)38)24-8-10-26(35)32-27(24)36/h5-7,9,13-14,24,31H,1-4,8,10-12,15-17H2,(H,32,35,36). The fourth-order valence-electron chi connectivity index (χ4n) is 5.25. The van der Waals surface area contributed by atoms with E-state index in [2.05, 4.69) is 17.2 Å². The van der Waals surface area contributed by atoms with Crippen molar-refractivity contribution in [2.75, 3.05) is 25.0 Å². The molecule has 5 rings (SSSR count). The summed E-state index contributed by atoms with van der Waals surface area (Å²) in [5.41, 5.74) is 3.40. The van der Waals surface area contributed by atoms with Crippen LogP contribution < -0.4 is 15.4 Å². The van der Waals surface area contributed by atoms with Gasteiger partial charge in [-0.15, -0.1) is 0 Å². The number of nitrogens with one attached hydrogen (secondary N) is 2. The minimum Gasteiger partial charge on any atom is -0.487 e. The summed E-state index contributed by atoms with van der Waals surface area (Å²) in [4.78, 5) is 52.8. The summed E-state index contributed by atoms with van der Waals surface area (Å²) in [6.07, 6.45) is 3.71. The van der Waals surface area contributed by atoms with Crippen LogP contribution in [0.5, 0.6) is 5.75 Å². The summed E-state index contributed by atoms with van der Waals surface area (Å²) < 4.78 is 5.96. The first-order valence-electron chi connectivity index (χ1n) is 13.2. The number of benzene rings is 2. The van der Waals surface area contributed by atoms with Crippen molar-refractivity contribution in [2.24, 2.45) is 0 Å². The predicted octanol–water partition coefficient (Wildman–Crippen LogP) is 3.66. The van der Waals surface area contributed by atoms with Gasteiger partial charge in [-0.1, -0.05) is 30.3 Å². The highest BCUT2D eigenvalue weighted by Crippen LogP contribution is 2.31. The zero-order valence-corrected chi connectivity index (χ0v) is 22.4. The van der Waals surface area contributed by atoms with Gasteiger partial charge in [0.25, 0.3) is 11.8 Å². The number of carbonyl (C=O) groups is 4. The Morgan fingerprint density at radius 3 is 2.67 bits per heavy atom. The molecule has 9 nitrogen and oxygen atoms in total. The summed E-state index contributed by atoms with van der Waals surface area (Å²) in [7, 11) is 0. The molecule has 0 saturated carbocycles. The van der Waals surface area contributed by atoms with E-state index < -0.39 is 11.9 Å². The molecule has 0 aromatic heterocycles. The molecule has 0 aliphatic carbocycles. The first-order valence-corrected chi connectivity index (χ1v) is 13.6. The largest absolute Gasteiger partial charge is 0.487 e. The van der Waals surface area contributed by atoms with Gasteiger partial charge in [0.1, 0.15) is 18.4 Å². The van der Waals surface area contributed by atoms with Crippen LogP contribution >= 0.6 is 11.6 Å². The summed E-state index contributed by atoms with van der Waals surface area (Å²) in [5.74, 6) is -0.465. The van der Waals surface area contributed by atoms with Crippen LogP contribution in [0.15, 0.2) is 48.6 Å². The normalized spacial score (nSPS) is 19.0. The Kier molecular flexibility index (Phi) is 7.88. The molecule has 1 atom stereocenters. The summed E-state index contributed by atoms with van der Waals surface area (Å²) in [5, 5.41) is 6.20. The molecule has 0 radical (unpaired) electrons. The van der Waals surface area contributed by atoms with Crippen molar-refractivity contribution in [1.29, 1.82) is 0 Å². The lowest BCUT2D eigenvalue weighted by molar-refractivity contribution is -0.137. The number of amides is 4. The number of halogens is 1. The molecule has 2 aromatic rings. The topological polar surface area (TPSA) is 108 Å². The Labute approximate surface area is 232 Å². The van der Waals surface area contributed by atoms with E-state index in [1.165, 1.54) is 4.90 Å². The Morgan fingerprint density at radius 1 is 1.10 bits per heavy atom. The van der Waals surface area contributed by atoms with Gasteiger partial charge in [-0.05, 0) is 61.1 Å². The van der Waals surface area contributed by atoms with Gasteiger partial charge in [0.15, 0.2) is 0 Å². The number of ether oxygens (including phenoxy) is 1. The first kappa shape index (κ1) is 26.7. The average molecular weight is 551 g/mol. The lowest BCUT2D eigenvalue weighted by atomic mass is 10.0. The Balaban J connectivity index is 1.22. The average Bonchev–Trinajstić information content (AvgIpc) is 3.26. The summed E-state index contributed by atoms with van der Waals surface area (Å²) in [6.45, 7) is 6.26. The van der Waals surface area contributed by atoms with E-state index >= 15 is 0 Å². The maximum Gasteiger partial charge on any atom is 0.255 e. The third kappa shape index (κ3) is 5.93. The maximum absolute atomic E-state index is 13.0. The highest BCUT2D eigenvalue weighted by molar-refractivity contribution is 6.30. The van der Waals surface area contributed by atoms with Crippen LogP contribution in [0.1, 0.15) is 53.6 Å². The molecule has 3 heterocycles. The minimum atomic E-state index is -0.646. The van der Waals surface area contributed by atoms with Crippen LogP contribution in [-0.2, 0) is 27.5 Å². The number of anilines is 1. The van der Waals surface area contributed by atoms with Crippen molar-refractivity contribution in [1.82, 2.24) is 15.1 Å². The molecule has 2 N–H and O–H groups in total. The van der Waals surface area contributed by atoms with E-state index in [1.54, 1.807) is 24.3 Å². The smallest absolute Gasteiger partial charge is 0.255 e. The van der Waals surface area contributed by atoms with E-state index in [0.717, 1.165) is 43.5 Å². The molecular formula is C29H31ClN4O5. The van der Waals surface area contributed by atoms with E-state index in [4.69, 9.17) is 16.3 Å². The molecular weight excluding hydrogens is 520 g/mol. The van der Waals surface area contributed by atoms with E-state index in [0.29, 0.717) is 47.1 Å². The maximum atomic E-state index is 13.0. The summed E-state index contributed by atoms with van der Waals surface area (Å²) >= 11 is 6.25. The fourth-order valence-corrected chi connectivity index (χ4v) is 5.42. The van der Waals surface area contributed by atoms with Gasteiger partial charge in [0, 0.05) is 48.8 Å².